The fraction of sp³-hybridized carbons (Fsp3) is 0.190. The van der Waals surface area contributed by atoms with Crippen LogP contribution in [0.1, 0.15) is 5.56 Å². The molecule has 0 aliphatic carbocycles. The molecule has 0 N–H and O–H groups in total. The molecule has 3 rings (SSSR count). The molecule has 0 fully saturated rings. The van der Waals surface area contributed by atoms with Crippen molar-refractivity contribution in [1.29, 1.82) is 0 Å². The first kappa shape index (κ1) is 20.7. The van der Waals surface area contributed by atoms with E-state index in [9.17, 15) is 13.6 Å². The van der Waals surface area contributed by atoms with Crippen LogP contribution in [-0.2, 0) is 17.9 Å². The zero-order chi connectivity index (χ0) is 20.8. The Morgan fingerprint density at radius 3 is 2.62 bits per heavy atom. The highest BCUT2D eigenvalue weighted by molar-refractivity contribution is 7.99. The number of nitrogens with zero attached hydrogens (tertiary/aromatic N) is 4. The van der Waals surface area contributed by atoms with E-state index in [0.717, 1.165) is 11.1 Å². The largest absolute Gasteiger partial charge is 0.341 e. The van der Waals surface area contributed by atoms with Crippen LogP contribution >= 0.6 is 11.8 Å². The van der Waals surface area contributed by atoms with Gasteiger partial charge in [0.2, 0.25) is 5.91 Å². The van der Waals surface area contributed by atoms with Gasteiger partial charge in [-0.05, 0) is 42.0 Å². The third-order valence-electron chi connectivity index (χ3n) is 4.19. The highest BCUT2D eigenvalue weighted by atomic mass is 32.2. The summed E-state index contributed by atoms with van der Waals surface area (Å²) >= 11 is 1.26. The van der Waals surface area contributed by atoms with E-state index in [1.807, 2.05) is 4.57 Å². The average molecular weight is 414 g/mol. The number of hydrogen-bond acceptors (Lipinski definition) is 4. The van der Waals surface area contributed by atoms with E-state index < -0.39 is 0 Å². The van der Waals surface area contributed by atoms with Gasteiger partial charge in [0.1, 0.15) is 11.6 Å². The summed E-state index contributed by atoms with van der Waals surface area (Å²) in [5, 5.41) is 8.93. The molecule has 1 heterocycles. The molecule has 29 heavy (non-hydrogen) atoms. The molecule has 8 heteroatoms. The second-order valence-electron chi connectivity index (χ2n) is 6.38. The number of thioether (sulfide) groups is 1. The van der Waals surface area contributed by atoms with Crippen LogP contribution in [-0.4, -0.2) is 38.4 Å². The molecule has 0 spiro atoms. The maximum Gasteiger partial charge on any atom is 0.233 e. The number of carbonyl (C=O) groups excluding carboxylic acids is 1. The Kier molecular flexibility index (Phi) is 6.77. The lowest BCUT2D eigenvalue weighted by Crippen LogP contribution is -2.28. The van der Waals surface area contributed by atoms with Crippen molar-refractivity contribution in [2.75, 3.05) is 12.8 Å². The summed E-state index contributed by atoms with van der Waals surface area (Å²) in [6.45, 7) is 4.52. The maximum atomic E-state index is 13.3. The number of hydrogen-bond donors (Lipinski definition) is 0. The molecule has 0 bridgehead atoms. The number of amides is 1. The van der Waals surface area contributed by atoms with E-state index in [-0.39, 0.29) is 23.3 Å². The minimum Gasteiger partial charge on any atom is -0.341 e. The van der Waals surface area contributed by atoms with Crippen molar-refractivity contribution in [3.63, 3.8) is 0 Å². The summed E-state index contributed by atoms with van der Waals surface area (Å²) in [6, 6.07) is 12.2. The van der Waals surface area contributed by atoms with E-state index in [0.29, 0.717) is 24.1 Å². The zero-order valence-electron chi connectivity index (χ0n) is 15.9. The predicted octanol–water partition coefficient (Wildman–Crippen LogP) is 4.16. The van der Waals surface area contributed by atoms with Crippen LogP contribution in [0.2, 0.25) is 0 Å². The van der Waals surface area contributed by atoms with Crippen LogP contribution in [0.25, 0.3) is 11.4 Å². The predicted molar refractivity (Wildman–Crippen MR) is 109 cm³/mol. The smallest absolute Gasteiger partial charge is 0.233 e. The van der Waals surface area contributed by atoms with E-state index in [4.69, 9.17) is 0 Å². The molecule has 2 aromatic carbocycles. The lowest BCUT2D eigenvalue weighted by molar-refractivity contribution is -0.127. The molecule has 3 aromatic rings. The standard InChI is InChI=1S/C21H20F2N4OS/c1-3-11-27-20(16-7-9-17(22)10-8-16)24-25-21(27)29-14-19(28)26(2)13-15-5-4-6-18(23)12-15/h3-10,12H,1,11,13-14H2,2H3. The molecule has 0 atom stereocenters. The molecule has 5 nitrogen and oxygen atoms in total. The molecule has 0 saturated heterocycles. The lowest BCUT2D eigenvalue weighted by atomic mass is 10.2. The second-order valence-corrected chi connectivity index (χ2v) is 7.32. The first-order valence-electron chi connectivity index (χ1n) is 8.89. The van der Waals surface area contributed by atoms with E-state index in [1.165, 1.54) is 40.9 Å². The minimum absolute atomic E-state index is 0.115. The highest BCUT2D eigenvalue weighted by Crippen LogP contribution is 2.24. The first-order chi connectivity index (χ1) is 14.0. The van der Waals surface area contributed by atoms with E-state index >= 15 is 0 Å². The van der Waals surface area contributed by atoms with Gasteiger partial charge in [0.25, 0.3) is 0 Å². The number of benzene rings is 2. The number of rotatable bonds is 8. The third kappa shape index (κ3) is 5.29. The SMILES string of the molecule is C=CCn1c(SCC(=O)N(C)Cc2cccc(F)c2)nnc1-c1ccc(F)cc1. The Balaban J connectivity index is 1.68. The molecule has 0 unspecified atom stereocenters. The van der Waals surface area contributed by atoms with Gasteiger partial charge in [-0.3, -0.25) is 9.36 Å². The zero-order valence-corrected chi connectivity index (χ0v) is 16.7. The Hall–Kier alpha value is -3.00. The summed E-state index contributed by atoms with van der Waals surface area (Å²) in [5.41, 5.74) is 1.45. The average Bonchev–Trinajstić information content (AvgIpc) is 3.09. The van der Waals surface area contributed by atoms with Crippen molar-refractivity contribution in [3.05, 3.63) is 78.4 Å². The van der Waals surface area contributed by atoms with E-state index in [1.54, 1.807) is 37.4 Å². The molecule has 0 saturated carbocycles. The van der Waals surface area contributed by atoms with Crippen LogP contribution in [0, 0.1) is 11.6 Å². The molecule has 0 radical (unpaired) electrons. The van der Waals surface area contributed by atoms with Gasteiger partial charge in [0.15, 0.2) is 11.0 Å². The quantitative estimate of drug-likeness (QED) is 0.410. The van der Waals surface area contributed by atoms with Crippen LogP contribution in [0.15, 0.2) is 66.3 Å². The Bertz CT molecular complexity index is 1000. The molecule has 0 aliphatic rings. The summed E-state index contributed by atoms with van der Waals surface area (Å²) < 4.78 is 28.3. The van der Waals surface area contributed by atoms with Crippen molar-refractivity contribution >= 4 is 17.7 Å². The van der Waals surface area contributed by atoms with Gasteiger partial charge in [-0.2, -0.15) is 0 Å². The molecular formula is C21H20F2N4OS. The van der Waals surface area contributed by atoms with Gasteiger partial charge in [-0.15, -0.1) is 16.8 Å². The van der Waals surface area contributed by atoms with Crippen molar-refractivity contribution in [2.24, 2.45) is 0 Å². The highest BCUT2D eigenvalue weighted by Gasteiger charge is 2.17. The molecular weight excluding hydrogens is 394 g/mol. The fourth-order valence-corrected chi connectivity index (χ4v) is 3.62. The topological polar surface area (TPSA) is 51.0 Å². The van der Waals surface area contributed by atoms with Crippen LogP contribution in [0.3, 0.4) is 0 Å². The van der Waals surface area contributed by atoms with Crippen molar-refractivity contribution in [3.8, 4) is 11.4 Å². The van der Waals surface area contributed by atoms with Crippen LogP contribution < -0.4 is 0 Å². The van der Waals surface area contributed by atoms with Crippen LogP contribution in [0.5, 0.6) is 0 Å². The van der Waals surface area contributed by atoms with Crippen molar-refractivity contribution < 1.29 is 13.6 Å². The van der Waals surface area contributed by atoms with Gasteiger partial charge >= 0.3 is 0 Å². The molecule has 0 aliphatic heterocycles. The fourth-order valence-electron chi connectivity index (χ4n) is 2.74. The number of aromatic nitrogens is 3. The van der Waals surface area contributed by atoms with Crippen molar-refractivity contribution in [1.82, 2.24) is 19.7 Å². The number of carbonyl (C=O) groups is 1. The second kappa shape index (κ2) is 9.47. The first-order valence-corrected chi connectivity index (χ1v) is 9.87. The summed E-state index contributed by atoms with van der Waals surface area (Å²) in [4.78, 5) is 14.0. The van der Waals surface area contributed by atoms with Gasteiger partial charge in [-0.25, -0.2) is 8.78 Å². The molecule has 1 amide bonds. The third-order valence-corrected chi connectivity index (χ3v) is 5.14. The summed E-state index contributed by atoms with van der Waals surface area (Å²) in [6.07, 6.45) is 1.71. The monoisotopic (exact) mass is 414 g/mol. The summed E-state index contributed by atoms with van der Waals surface area (Å²) in [7, 11) is 1.67. The normalized spacial score (nSPS) is 10.7. The maximum absolute atomic E-state index is 13.3. The Morgan fingerprint density at radius 1 is 1.17 bits per heavy atom. The lowest BCUT2D eigenvalue weighted by Gasteiger charge is -2.17. The van der Waals surface area contributed by atoms with Crippen LogP contribution in [0.4, 0.5) is 8.78 Å². The number of halogens is 2. The molecule has 150 valence electrons. The van der Waals surface area contributed by atoms with Gasteiger partial charge in [-0.1, -0.05) is 30.0 Å². The van der Waals surface area contributed by atoms with Gasteiger partial charge in [0.05, 0.1) is 5.75 Å². The Labute approximate surface area is 172 Å². The van der Waals surface area contributed by atoms with Crippen molar-refractivity contribution in [2.45, 2.75) is 18.2 Å². The van der Waals surface area contributed by atoms with E-state index in [2.05, 4.69) is 16.8 Å². The summed E-state index contributed by atoms with van der Waals surface area (Å²) in [5.74, 6) is -0.0396. The van der Waals surface area contributed by atoms with Gasteiger partial charge in [0, 0.05) is 25.7 Å². The van der Waals surface area contributed by atoms with Gasteiger partial charge < -0.3 is 4.90 Å². The number of allylic oxidation sites excluding steroid dienone is 1. The Morgan fingerprint density at radius 2 is 1.93 bits per heavy atom. The minimum atomic E-state index is -0.330. The molecule has 1 aromatic heterocycles.